The van der Waals surface area contributed by atoms with Gasteiger partial charge in [0.15, 0.2) is 0 Å². The fourth-order valence-corrected chi connectivity index (χ4v) is 2.96. The van der Waals surface area contributed by atoms with Crippen molar-refractivity contribution in [2.75, 3.05) is 21.3 Å². The van der Waals surface area contributed by atoms with Gasteiger partial charge in [0.25, 0.3) is 0 Å². The molecule has 100 valence electrons. The predicted molar refractivity (Wildman–Crippen MR) is 73.4 cm³/mol. The van der Waals surface area contributed by atoms with E-state index in [1.165, 1.54) is 24.8 Å². The van der Waals surface area contributed by atoms with E-state index in [4.69, 9.17) is 9.47 Å². The van der Waals surface area contributed by atoms with E-state index in [2.05, 4.69) is 18.4 Å². The molecule has 18 heavy (non-hydrogen) atoms. The van der Waals surface area contributed by atoms with Gasteiger partial charge in [-0.15, -0.1) is 0 Å². The van der Waals surface area contributed by atoms with Crippen molar-refractivity contribution in [2.45, 2.75) is 31.7 Å². The first-order valence-corrected chi connectivity index (χ1v) is 6.66. The maximum Gasteiger partial charge on any atom is 0.125 e. The van der Waals surface area contributed by atoms with E-state index in [0.717, 1.165) is 23.8 Å². The van der Waals surface area contributed by atoms with Crippen LogP contribution in [0.4, 0.5) is 0 Å². The second-order valence-electron chi connectivity index (χ2n) is 4.97. The second-order valence-corrected chi connectivity index (χ2v) is 4.97. The average molecular weight is 249 g/mol. The quantitative estimate of drug-likeness (QED) is 0.870. The molecule has 0 amide bonds. The van der Waals surface area contributed by atoms with Crippen LogP contribution in [0.5, 0.6) is 11.5 Å². The molecule has 1 aliphatic carbocycles. The first-order valence-electron chi connectivity index (χ1n) is 6.66. The van der Waals surface area contributed by atoms with Crippen LogP contribution in [-0.2, 0) is 6.42 Å². The molecule has 0 spiro atoms. The molecule has 0 saturated heterocycles. The zero-order valence-corrected chi connectivity index (χ0v) is 11.5. The van der Waals surface area contributed by atoms with Gasteiger partial charge in [-0.05, 0) is 43.9 Å². The van der Waals surface area contributed by atoms with E-state index < -0.39 is 0 Å². The van der Waals surface area contributed by atoms with Crippen LogP contribution < -0.4 is 14.8 Å². The molecule has 0 radical (unpaired) electrons. The van der Waals surface area contributed by atoms with E-state index in [-0.39, 0.29) is 0 Å². The fourth-order valence-electron chi connectivity index (χ4n) is 2.96. The molecule has 0 aliphatic heterocycles. The summed E-state index contributed by atoms with van der Waals surface area (Å²) in [6.45, 7) is 0. The Balaban J connectivity index is 2.13. The summed E-state index contributed by atoms with van der Waals surface area (Å²) >= 11 is 0. The Morgan fingerprint density at radius 3 is 2.72 bits per heavy atom. The summed E-state index contributed by atoms with van der Waals surface area (Å²) in [4.78, 5) is 0. The highest BCUT2D eigenvalue weighted by Gasteiger charge is 2.26. The number of hydrogen-bond acceptors (Lipinski definition) is 3. The van der Waals surface area contributed by atoms with Gasteiger partial charge in [-0.3, -0.25) is 0 Å². The summed E-state index contributed by atoms with van der Waals surface area (Å²) in [5.41, 5.74) is 1.28. The fraction of sp³-hybridized carbons (Fsp3) is 0.600. The lowest BCUT2D eigenvalue weighted by Crippen LogP contribution is -2.30. The maximum atomic E-state index is 5.47. The third kappa shape index (κ3) is 2.78. The van der Waals surface area contributed by atoms with Gasteiger partial charge in [0.1, 0.15) is 11.5 Å². The van der Waals surface area contributed by atoms with Gasteiger partial charge in [0, 0.05) is 12.1 Å². The van der Waals surface area contributed by atoms with E-state index in [9.17, 15) is 0 Å². The van der Waals surface area contributed by atoms with Crippen molar-refractivity contribution in [3.05, 3.63) is 23.8 Å². The van der Waals surface area contributed by atoms with E-state index >= 15 is 0 Å². The molecule has 2 rings (SSSR count). The van der Waals surface area contributed by atoms with Crippen LogP contribution in [-0.4, -0.2) is 27.3 Å². The smallest absolute Gasteiger partial charge is 0.125 e. The highest BCUT2D eigenvalue weighted by molar-refractivity contribution is 5.41. The minimum absolute atomic E-state index is 0.650. The zero-order chi connectivity index (χ0) is 13.0. The third-order valence-corrected chi connectivity index (χ3v) is 4.01. The molecule has 2 atom stereocenters. The minimum Gasteiger partial charge on any atom is -0.497 e. The Morgan fingerprint density at radius 2 is 2.06 bits per heavy atom. The summed E-state index contributed by atoms with van der Waals surface area (Å²) in [6, 6.07) is 6.76. The van der Waals surface area contributed by atoms with Crippen molar-refractivity contribution < 1.29 is 9.47 Å². The summed E-state index contributed by atoms with van der Waals surface area (Å²) in [7, 11) is 5.47. The minimum atomic E-state index is 0.650. The van der Waals surface area contributed by atoms with Gasteiger partial charge in [0.05, 0.1) is 14.2 Å². The van der Waals surface area contributed by atoms with Crippen molar-refractivity contribution in [2.24, 2.45) is 5.92 Å². The molecule has 0 aromatic heterocycles. The number of ether oxygens (including phenoxy) is 2. The van der Waals surface area contributed by atoms with Crippen LogP contribution in [0.25, 0.3) is 0 Å². The van der Waals surface area contributed by atoms with Crippen LogP contribution in [0.2, 0.25) is 0 Å². The van der Waals surface area contributed by atoms with Gasteiger partial charge in [0.2, 0.25) is 0 Å². The van der Waals surface area contributed by atoms with Crippen molar-refractivity contribution in [3.63, 3.8) is 0 Å². The van der Waals surface area contributed by atoms with E-state index in [1.807, 2.05) is 12.1 Å². The van der Waals surface area contributed by atoms with Crippen molar-refractivity contribution in [3.8, 4) is 11.5 Å². The molecule has 3 nitrogen and oxygen atoms in total. The Bertz CT molecular complexity index is 392. The summed E-state index contributed by atoms with van der Waals surface area (Å²) in [5, 5.41) is 3.43. The average Bonchev–Trinajstić information content (AvgIpc) is 2.86. The maximum absolute atomic E-state index is 5.47. The van der Waals surface area contributed by atoms with Crippen LogP contribution >= 0.6 is 0 Å². The molecular formula is C15H23NO2. The second kappa shape index (κ2) is 6.10. The standard InChI is InChI=1S/C15H23NO2/c1-16-14-6-4-5-11(14)9-12-7-8-13(17-2)10-15(12)18-3/h7-8,10-11,14,16H,4-6,9H2,1-3H3. The van der Waals surface area contributed by atoms with Gasteiger partial charge >= 0.3 is 0 Å². The van der Waals surface area contributed by atoms with Crippen LogP contribution in [0.3, 0.4) is 0 Å². The monoisotopic (exact) mass is 249 g/mol. The van der Waals surface area contributed by atoms with Crippen molar-refractivity contribution >= 4 is 0 Å². The Kier molecular flexibility index (Phi) is 4.48. The van der Waals surface area contributed by atoms with Gasteiger partial charge in [-0.25, -0.2) is 0 Å². The molecule has 1 aliphatic rings. The number of rotatable bonds is 5. The first kappa shape index (κ1) is 13.2. The lowest BCUT2D eigenvalue weighted by atomic mass is 9.94. The topological polar surface area (TPSA) is 30.5 Å². The van der Waals surface area contributed by atoms with Crippen molar-refractivity contribution in [1.82, 2.24) is 5.32 Å². The highest BCUT2D eigenvalue weighted by atomic mass is 16.5. The van der Waals surface area contributed by atoms with Gasteiger partial charge in [-0.1, -0.05) is 12.5 Å². The number of nitrogens with one attached hydrogen (secondary N) is 1. The predicted octanol–water partition coefficient (Wildman–Crippen LogP) is 2.63. The molecule has 3 heteroatoms. The Labute approximate surface area is 109 Å². The van der Waals surface area contributed by atoms with Crippen LogP contribution in [0, 0.1) is 5.92 Å². The third-order valence-electron chi connectivity index (χ3n) is 4.01. The zero-order valence-electron chi connectivity index (χ0n) is 11.5. The Hall–Kier alpha value is -1.22. The van der Waals surface area contributed by atoms with E-state index in [1.54, 1.807) is 14.2 Å². The molecule has 0 bridgehead atoms. The number of benzene rings is 1. The molecule has 1 fully saturated rings. The van der Waals surface area contributed by atoms with Gasteiger partial charge < -0.3 is 14.8 Å². The molecule has 1 saturated carbocycles. The first-order chi connectivity index (χ1) is 8.78. The van der Waals surface area contributed by atoms with Crippen LogP contribution in [0.15, 0.2) is 18.2 Å². The Morgan fingerprint density at radius 1 is 1.22 bits per heavy atom. The molecule has 1 N–H and O–H groups in total. The molecule has 0 heterocycles. The van der Waals surface area contributed by atoms with Crippen LogP contribution in [0.1, 0.15) is 24.8 Å². The van der Waals surface area contributed by atoms with E-state index in [0.29, 0.717) is 6.04 Å². The summed E-state index contributed by atoms with van der Waals surface area (Å²) in [6.07, 6.45) is 5.01. The lowest BCUT2D eigenvalue weighted by molar-refractivity contribution is 0.380. The molecule has 1 aromatic carbocycles. The molecular weight excluding hydrogens is 226 g/mol. The molecule has 2 unspecified atom stereocenters. The highest BCUT2D eigenvalue weighted by Crippen LogP contribution is 2.33. The SMILES string of the molecule is CNC1CCCC1Cc1ccc(OC)cc1OC. The van der Waals surface area contributed by atoms with Gasteiger partial charge in [-0.2, -0.15) is 0 Å². The normalized spacial score (nSPS) is 23.1. The molecule has 1 aromatic rings. The number of hydrogen-bond donors (Lipinski definition) is 1. The number of methoxy groups -OCH3 is 2. The lowest BCUT2D eigenvalue weighted by Gasteiger charge is -2.20. The summed E-state index contributed by atoms with van der Waals surface area (Å²) in [5.74, 6) is 2.51. The summed E-state index contributed by atoms with van der Waals surface area (Å²) < 4.78 is 10.7. The van der Waals surface area contributed by atoms with Crippen molar-refractivity contribution in [1.29, 1.82) is 0 Å². The largest absolute Gasteiger partial charge is 0.497 e.